The summed E-state index contributed by atoms with van der Waals surface area (Å²) < 4.78 is 71.1. The number of anilines is 1. The predicted octanol–water partition coefficient (Wildman–Crippen LogP) is 5.99. The number of halogens is 3. The van der Waals surface area contributed by atoms with Crippen LogP contribution in [0.5, 0.6) is 5.75 Å². The van der Waals surface area contributed by atoms with E-state index in [2.05, 4.69) is 44.3 Å². The minimum Gasteiger partial charge on any atom is -0.404 e. The van der Waals surface area contributed by atoms with Crippen molar-refractivity contribution in [2.45, 2.75) is 56.8 Å². The molecule has 0 radical (unpaired) electrons. The highest BCUT2D eigenvalue weighted by Gasteiger charge is 2.32. The third-order valence-corrected chi connectivity index (χ3v) is 8.92. The summed E-state index contributed by atoms with van der Waals surface area (Å²) >= 11 is 0. The Bertz CT molecular complexity index is 1590. The molecule has 1 aromatic carbocycles. The maximum atomic E-state index is 13.3. The number of nitrogens with one attached hydrogen (secondary N) is 1. The number of hydrogen-bond donors (Lipinski definition) is 1. The molecular weight excluding hydrogens is 543 g/mol. The Morgan fingerprint density at radius 2 is 1.70 bits per heavy atom. The lowest BCUT2D eigenvalue weighted by atomic mass is 10.1. The van der Waals surface area contributed by atoms with Gasteiger partial charge < -0.3 is 14.5 Å². The van der Waals surface area contributed by atoms with Crippen LogP contribution in [0.3, 0.4) is 0 Å². The van der Waals surface area contributed by atoms with E-state index >= 15 is 0 Å². The van der Waals surface area contributed by atoms with Gasteiger partial charge in [0.1, 0.15) is 17.2 Å². The summed E-state index contributed by atoms with van der Waals surface area (Å²) in [5.41, 5.74) is 4.95. The lowest BCUT2D eigenvalue weighted by Gasteiger charge is -2.32. The number of fused-ring (bicyclic) bond motifs is 1. The summed E-state index contributed by atoms with van der Waals surface area (Å²) in [6, 6.07) is 11.5. The highest BCUT2D eigenvalue weighted by atomic mass is 32.2. The molecule has 5 rings (SSSR count). The van der Waals surface area contributed by atoms with Gasteiger partial charge in [0.25, 0.3) is 0 Å². The average Bonchev–Trinajstić information content (AvgIpc) is 3.35. The second-order valence-electron chi connectivity index (χ2n) is 10.2. The van der Waals surface area contributed by atoms with Crippen molar-refractivity contribution in [3.05, 3.63) is 72.3 Å². The SMILES string of the molecule is Cc1cc(-c2ccc(S(=O)(=O)N3CCC(Nc4ccc(OC(F)(F)F)cn4)CC3)cc2)cn2c(C(C)C)cnc12. The number of benzene rings is 1. The molecule has 8 nitrogen and oxygen atoms in total. The van der Waals surface area contributed by atoms with E-state index in [4.69, 9.17) is 0 Å². The normalized spacial score (nSPS) is 15.6. The van der Waals surface area contributed by atoms with Crippen LogP contribution < -0.4 is 10.1 Å². The molecule has 0 unspecified atom stereocenters. The van der Waals surface area contributed by atoms with Gasteiger partial charge in [-0.15, -0.1) is 13.2 Å². The van der Waals surface area contributed by atoms with E-state index in [1.54, 1.807) is 12.1 Å². The maximum absolute atomic E-state index is 13.3. The van der Waals surface area contributed by atoms with Crippen molar-refractivity contribution in [1.82, 2.24) is 18.7 Å². The quantitative estimate of drug-likeness (QED) is 0.292. The number of imidazole rings is 1. The molecule has 1 fully saturated rings. The third-order valence-electron chi connectivity index (χ3n) is 7.01. The Morgan fingerprint density at radius 1 is 1.00 bits per heavy atom. The fourth-order valence-corrected chi connectivity index (χ4v) is 6.41. The summed E-state index contributed by atoms with van der Waals surface area (Å²) in [6.07, 6.45) is 1.21. The minimum absolute atomic E-state index is 0.0622. The van der Waals surface area contributed by atoms with Crippen LogP contribution in [0, 0.1) is 6.92 Å². The van der Waals surface area contributed by atoms with Gasteiger partial charge in [-0.25, -0.2) is 18.4 Å². The second kappa shape index (κ2) is 10.7. The van der Waals surface area contributed by atoms with Crippen molar-refractivity contribution in [2.24, 2.45) is 0 Å². The second-order valence-corrected chi connectivity index (χ2v) is 12.2. The smallest absolute Gasteiger partial charge is 0.404 e. The zero-order chi connectivity index (χ0) is 28.7. The van der Waals surface area contributed by atoms with Gasteiger partial charge in [-0.3, -0.25) is 0 Å². The molecule has 0 spiro atoms. The molecule has 1 aliphatic heterocycles. The molecule has 0 atom stereocenters. The summed E-state index contributed by atoms with van der Waals surface area (Å²) in [5.74, 6) is 0.310. The molecule has 4 heterocycles. The van der Waals surface area contributed by atoms with E-state index in [0.29, 0.717) is 37.7 Å². The number of ether oxygens (including phenoxy) is 1. The van der Waals surface area contributed by atoms with Crippen molar-refractivity contribution in [2.75, 3.05) is 18.4 Å². The molecule has 40 heavy (non-hydrogen) atoms. The Morgan fingerprint density at radius 3 is 2.30 bits per heavy atom. The molecule has 0 amide bonds. The van der Waals surface area contributed by atoms with Crippen molar-refractivity contribution < 1.29 is 26.3 Å². The van der Waals surface area contributed by atoms with Gasteiger partial charge in [0.15, 0.2) is 0 Å². The van der Waals surface area contributed by atoms with E-state index in [9.17, 15) is 21.6 Å². The molecule has 4 aromatic rings. The maximum Gasteiger partial charge on any atom is 0.573 e. The Kier molecular flexibility index (Phi) is 7.49. The highest BCUT2D eigenvalue weighted by Crippen LogP contribution is 2.29. The van der Waals surface area contributed by atoms with Crippen molar-refractivity contribution in [1.29, 1.82) is 0 Å². The van der Waals surface area contributed by atoms with Crippen LogP contribution in [0.15, 0.2) is 66.0 Å². The van der Waals surface area contributed by atoms with Crippen LogP contribution in [-0.2, 0) is 10.0 Å². The third kappa shape index (κ3) is 5.92. The molecule has 0 bridgehead atoms. The Hall–Kier alpha value is -3.64. The van der Waals surface area contributed by atoms with Crippen LogP contribution in [0.25, 0.3) is 16.8 Å². The number of alkyl halides is 3. The Balaban J connectivity index is 1.24. The van der Waals surface area contributed by atoms with E-state index in [0.717, 1.165) is 34.2 Å². The van der Waals surface area contributed by atoms with Crippen LogP contribution in [0.2, 0.25) is 0 Å². The number of piperidine rings is 1. The van der Waals surface area contributed by atoms with Gasteiger partial charge in [0.2, 0.25) is 10.0 Å². The summed E-state index contributed by atoms with van der Waals surface area (Å²) in [4.78, 5) is 8.74. The zero-order valence-corrected chi connectivity index (χ0v) is 23.1. The molecule has 12 heteroatoms. The fourth-order valence-electron chi connectivity index (χ4n) is 4.94. The molecule has 1 aliphatic rings. The standard InChI is InChI=1S/C28H30F3N5O3S/c1-18(2)25-16-33-27-19(3)14-21(17-36(25)27)20-4-7-24(8-5-20)40(37,38)35-12-10-22(11-13-35)34-26-9-6-23(15-32-26)39-28(29,30)31/h4-9,14-18,22H,10-13H2,1-3H3,(H,32,34). The van der Waals surface area contributed by atoms with Crippen molar-refractivity contribution in [3.63, 3.8) is 0 Å². The zero-order valence-electron chi connectivity index (χ0n) is 22.3. The predicted molar refractivity (Wildman–Crippen MR) is 146 cm³/mol. The fraction of sp³-hybridized carbons (Fsp3) is 0.357. The number of nitrogens with zero attached hydrogens (tertiary/aromatic N) is 4. The number of aryl methyl sites for hydroxylation is 1. The highest BCUT2D eigenvalue weighted by molar-refractivity contribution is 7.89. The minimum atomic E-state index is -4.78. The Labute approximate surface area is 230 Å². The van der Waals surface area contributed by atoms with E-state index in [1.807, 2.05) is 31.5 Å². The van der Waals surface area contributed by atoms with E-state index in [-0.39, 0.29) is 10.9 Å². The molecule has 3 aromatic heterocycles. The number of sulfonamides is 1. The molecule has 1 saturated heterocycles. The van der Waals surface area contributed by atoms with E-state index in [1.165, 1.54) is 16.4 Å². The van der Waals surface area contributed by atoms with Gasteiger partial charge in [-0.1, -0.05) is 26.0 Å². The lowest BCUT2D eigenvalue weighted by molar-refractivity contribution is -0.274. The van der Waals surface area contributed by atoms with Crippen molar-refractivity contribution in [3.8, 4) is 16.9 Å². The summed E-state index contributed by atoms with van der Waals surface area (Å²) in [6.45, 7) is 6.88. The first-order chi connectivity index (χ1) is 18.9. The number of pyridine rings is 2. The van der Waals surface area contributed by atoms with Gasteiger partial charge in [0.05, 0.1) is 11.1 Å². The van der Waals surface area contributed by atoms with Crippen molar-refractivity contribution >= 4 is 21.5 Å². The van der Waals surface area contributed by atoms with Gasteiger partial charge in [-0.05, 0) is 72.7 Å². The first-order valence-corrected chi connectivity index (χ1v) is 14.4. The van der Waals surface area contributed by atoms with Gasteiger partial charge in [-0.2, -0.15) is 4.31 Å². The van der Waals surface area contributed by atoms with Crippen LogP contribution in [-0.4, -0.2) is 52.6 Å². The monoisotopic (exact) mass is 573 g/mol. The molecule has 0 saturated carbocycles. The van der Waals surface area contributed by atoms with Gasteiger partial charge in [0, 0.05) is 37.2 Å². The first-order valence-electron chi connectivity index (χ1n) is 13.0. The molecule has 212 valence electrons. The summed E-state index contributed by atoms with van der Waals surface area (Å²) in [5, 5.41) is 3.16. The van der Waals surface area contributed by atoms with Gasteiger partial charge >= 0.3 is 6.36 Å². The topological polar surface area (TPSA) is 88.8 Å². The van der Waals surface area contributed by atoms with E-state index < -0.39 is 22.1 Å². The average molecular weight is 574 g/mol. The summed E-state index contributed by atoms with van der Waals surface area (Å²) in [7, 11) is -3.68. The number of rotatable bonds is 7. The van der Waals surface area contributed by atoms with Crippen LogP contribution in [0.4, 0.5) is 19.0 Å². The number of hydrogen-bond acceptors (Lipinski definition) is 6. The molecule has 0 aliphatic carbocycles. The van der Waals surface area contributed by atoms with Crippen LogP contribution >= 0.6 is 0 Å². The first kappa shape index (κ1) is 27.9. The largest absolute Gasteiger partial charge is 0.573 e. The molecule has 1 N–H and O–H groups in total. The lowest BCUT2D eigenvalue weighted by Crippen LogP contribution is -2.42. The van der Waals surface area contributed by atoms with Crippen LogP contribution in [0.1, 0.15) is 43.9 Å². The number of aromatic nitrogens is 3. The molecular formula is C28H30F3N5O3S.